The molecule has 0 fully saturated rings. The van der Waals surface area contributed by atoms with E-state index in [4.69, 9.17) is 11.6 Å². The zero-order valence-corrected chi connectivity index (χ0v) is 13.1. The van der Waals surface area contributed by atoms with Gasteiger partial charge in [0, 0.05) is 24.0 Å². The van der Waals surface area contributed by atoms with Crippen molar-refractivity contribution in [3.05, 3.63) is 47.7 Å². The molecule has 116 valence electrons. The lowest BCUT2D eigenvalue weighted by atomic mass is 10.3. The molecule has 0 aliphatic heterocycles. The van der Waals surface area contributed by atoms with E-state index in [9.17, 15) is 13.2 Å². The number of halogens is 1. The molecule has 0 aliphatic carbocycles. The lowest BCUT2D eigenvalue weighted by Crippen LogP contribution is -2.31. The Morgan fingerprint density at radius 3 is 2.68 bits per heavy atom. The molecular formula is C13H13ClN4O3S. The van der Waals surface area contributed by atoms with Crippen LogP contribution < -0.4 is 15.4 Å². The van der Waals surface area contributed by atoms with E-state index < -0.39 is 15.3 Å². The lowest BCUT2D eigenvalue weighted by molar-refractivity contribution is 0.260. The zero-order valence-electron chi connectivity index (χ0n) is 11.5. The van der Waals surface area contributed by atoms with Gasteiger partial charge in [-0.25, -0.2) is 0 Å². The molecule has 3 N–H and O–H groups in total. The number of hydrogen-bond acceptors (Lipinski definition) is 5. The standard InChI is InChI=1S/C13H13ClN4O3S/c1-15-13(19)22(20,21)18-12-8-16-6-5-11(12)17-10-4-2-3-9(14)7-10/h2-8,18H,1H3,(H,15,19)(H,16,17). The van der Waals surface area contributed by atoms with E-state index >= 15 is 0 Å². The average Bonchev–Trinajstić information content (AvgIpc) is 2.48. The third-order valence-corrected chi connectivity index (χ3v) is 4.03. The van der Waals surface area contributed by atoms with Crippen LogP contribution >= 0.6 is 11.6 Å². The quantitative estimate of drug-likeness (QED) is 0.794. The summed E-state index contributed by atoms with van der Waals surface area (Å²) < 4.78 is 25.8. The minimum atomic E-state index is -4.19. The van der Waals surface area contributed by atoms with E-state index in [0.717, 1.165) is 0 Å². The smallest absolute Gasteiger partial charge is 0.354 e. The number of nitrogens with one attached hydrogen (secondary N) is 3. The van der Waals surface area contributed by atoms with Crippen LogP contribution in [-0.2, 0) is 10.0 Å². The summed E-state index contributed by atoms with van der Waals surface area (Å²) in [4.78, 5) is 15.2. The summed E-state index contributed by atoms with van der Waals surface area (Å²) in [7, 11) is -2.96. The maximum absolute atomic E-state index is 11.8. The molecular weight excluding hydrogens is 328 g/mol. The van der Waals surface area contributed by atoms with Gasteiger partial charge in [-0.3, -0.25) is 14.5 Å². The first-order valence-corrected chi connectivity index (χ1v) is 7.99. The summed E-state index contributed by atoms with van der Waals surface area (Å²) in [6.07, 6.45) is 2.79. The third-order valence-electron chi connectivity index (χ3n) is 2.62. The molecule has 0 spiro atoms. The highest BCUT2D eigenvalue weighted by Gasteiger charge is 2.21. The monoisotopic (exact) mass is 340 g/mol. The van der Waals surface area contributed by atoms with Gasteiger partial charge in [0.05, 0.1) is 17.6 Å². The first kappa shape index (κ1) is 16.1. The van der Waals surface area contributed by atoms with Gasteiger partial charge in [-0.15, -0.1) is 0 Å². The van der Waals surface area contributed by atoms with Gasteiger partial charge < -0.3 is 10.6 Å². The highest BCUT2D eigenvalue weighted by Crippen LogP contribution is 2.26. The number of hydrogen-bond donors (Lipinski definition) is 3. The fraction of sp³-hybridized carbons (Fsp3) is 0.0769. The molecule has 7 nitrogen and oxygen atoms in total. The molecule has 1 aromatic carbocycles. The number of benzene rings is 1. The number of rotatable bonds is 4. The summed E-state index contributed by atoms with van der Waals surface area (Å²) in [6, 6.07) is 8.49. The molecule has 0 saturated carbocycles. The number of carbonyl (C=O) groups excluding carboxylic acids is 1. The molecule has 0 radical (unpaired) electrons. The number of anilines is 3. The third kappa shape index (κ3) is 3.86. The second kappa shape index (κ2) is 6.63. The molecule has 0 unspecified atom stereocenters. The molecule has 22 heavy (non-hydrogen) atoms. The lowest BCUT2D eigenvalue weighted by Gasteiger charge is -2.13. The summed E-state index contributed by atoms with van der Waals surface area (Å²) in [6.45, 7) is 0. The van der Waals surface area contributed by atoms with Crippen molar-refractivity contribution in [2.45, 2.75) is 0 Å². The number of sulfonamides is 1. The van der Waals surface area contributed by atoms with E-state index in [0.29, 0.717) is 16.4 Å². The molecule has 1 amide bonds. The second-order valence-corrected chi connectivity index (χ2v) is 6.22. The Morgan fingerprint density at radius 2 is 2.00 bits per heavy atom. The van der Waals surface area contributed by atoms with Gasteiger partial charge in [0.15, 0.2) is 0 Å². The fourth-order valence-corrected chi connectivity index (χ4v) is 2.64. The van der Waals surface area contributed by atoms with Crippen molar-refractivity contribution >= 4 is 43.9 Å². The van der Waals surface area contributed by atoms with Crippen LogP contribution in [0.25, 0.3) is 0 Å². The van der Waals surface area contributed by atoms with Crippen LogP contribution in [0.15, 0.2) is 42.7 Å². The Morgan fingerprint density at radius 1 is 1.23 bits per heavy atom. The van der Waals surface area contributed by atoms with E-state index in [1.165, 1.54) is 19.4 Å². The van der Waals surface area contributed by atoms with E-state index in [2.05, 4.69) is 20.3 Å². The van der Waals surface area contributed by atoms with Crippen molar-refractivity contribution in [3.63, 3.8) is 0 Å². The number of aromatic nitrogens is 1. The first-order valence-electron chi connectivity index (χ1n) is 6.13. The van der Waals surface area contributed by atoms with E-state index in [-0.39, 0.29) is 5.69 Å². The second-order valence-electron chi connectivity index (χ2n) is 4.20. The predicted molar refractivity (Wildman–Crippen MR) is 86.0 cm³/mol. The molecule has 2 aromatic rings. The van der Waals surface area contributed by atoms with Gasteiger partial charge in [-0.05, 0) is 24.3 Å². The van der Waals surface area contributed by atoms with Crippen LogP contribution in [0.5, 0.6) is 0 Å². The summed E-state index contributed by atoms with van der Waals surface area (Å²) in [5.41, 5.74) is 1.25. The Labute approximate surface area is 132 Å². The van der Waals surface area contributed by atoms with Crippen molar-refractivity contribution in [1.82, 2.24) is 10.3 Å². The fourth-order valence-electron chi connectivity index (χ4n) is 1.63. The Hall–Kier alpha value is -2.32. The van der Waals surface area contributed by atoms with Gasteiger partial charge in [0.2, 0.25) is 0 Å². The van der Waals surface area contributed by atoms with Crippen molar-refractivity contribution in [1.29, 1.82) is 0 Å². The highest BCUT2D eigenvalue weighted by atomic mass is 35.5. The van der Waals surface area contributed by atoms with E-state index in [1.54, 1.807) is 30.3 Å². The topological polar surface area (TPSA) is 100 Å². The number of nitrogens with zero attached hydrogens (tertiary/aromatic N) is 1. The minimum Gasteiger partial charge on any atom is -0.354 e. The number of amides is 1. The van der Waals surface area contributed by atoms with Crippen LogP contribution in [0.2, 0.25) is 5.02 Å². The molecule has 1 heterocycles. The SMILES string of the molecule is CNC(=O)S(=O)(=O)Nc1cnccc1Nc1cccc(Cl)c1. The Bertz CT molecular complexity index is 795. The predicted octanol–water partition coefficient (Wildman–Crippen LogP) is 2.56. The van der Waals surface area contributed by atoms with Crippen molar-refractivity contribution in [3.8, 4) is 0 Å². The van der Waals surface area contributed by atoms with Crippen LogP contribution in [0.4, 0.5) is 21.9 Å². The van der Waals surface area contributed by atoms with Crippen LogP contribution in [0.3, 0.4) is 0 Å². The van der Waals surface area contributed by atoms with Gasteiger partial charge in [-0.2, -0.15) is 8.42 Å². The van der Waals surface area contributed by atoms with Crippen molar-refractivity contribution in [2.24, 2.45) is 0 Å². The molecule has 0 aliphatic rings. The maximum Gasteiger partial charge on any atom is 0.356 e. The summed E-state index contributed by atoms with van der Waals surface area (Å²) >= 11 is 5.90. The minimum absolute atomic E-state index is 0.145. The van der Waals surface area contributed by atoms with Crippen molar-refractivity contribution in [2.75, 3.05) is 17.1 Å². The maximum atomic E-state index is 11.8. The zero-order chi connectivity index (χ0) is 16.2. The highest BCUT2D eigenvalue weighted by molar-refractivity contribution is 8.07. The van der Waals surface area contributed by atoms with Gasteiger partial charge >= 0.3 is 15.3 Å². The Balaban J connectivity index is 2.29. The summed E-state index contributed by atoms with van der Waals surface area (Å²) in [5, 5.41) is 4.46. The van der Waals surface area contributed by atoms with Gasteiger partial charge in [0.25, 0.3) is 0 Å². The number of carbonyl (C=O) groups is 1. The average molecular weight is 341 g/mol. The molecule has 0 saturated heterocycles. The van der Waals surface area contributed by atoms with Crippen LogP contribution in [0, 0.1) is 0 Å². The normalized spacial score (nSPS) is 10.8. The van der Waals surface area contributed by atoms with Crippen LogP contribution in [-0.4, -0.2) is 25.7 Å². The van der Waals surface area contributed by atoms with E-state index in [1.807, 2.05) is 0 Å². The molecule has 1 aromatic heterocycles. The van der Waals surface area contributed by atoms with Gasteiger partial charge in [0.1, 0.15) is 0 Å². The van der Waals surface area contributed by atoms with Gasteiger partial charge in [-0.1, -0.05) is 17.7 Å². The summed E-state index contributed by atoms with van der Waals surface area (Å²) in [5.74, 6) is 0. The molecule has 0 bridgehead atoms. The largest absolute Gasteiger partial charge is 0.356 e. The first-order chi connectivity index (χ1) is 10.4. The van der Waals surface area contributed by atoms with Crippen LogP contribution in [0.1, 0.15) is 0 Å². The number of pyridine rings is 1. The molecule has 0 atom stereocenters. The Kier molecular flexibility index (Phi) is 4.84. The van der Waals surface area contributed by atoms with Crippen molar-refractivity contribution < 1.29 is 13.2 Å². The molecule has 2 rings (SSSR count). The molecule has 9 heteroatoms.